The number of nitrogens with one attached hydrogen (secondary N) is 2. The number of hydrogen-bond acceptors (Lipinski definition) is 5. The van der Waals surface area contributed by atoms with Crippen LogP contribution in [0.25, 0.3) is 0 Å². The third-order valence-corrected chi connectivity index (χ3v) is 3.60. The van der Waals surface area contributed by atoms with E-state index in [2.05, 4.69) is 15.6 Å². The fourth-order valence-corrected chi connectivity index (χ4v) is 2.15. The summed E-state index contributed by atoms with van der Waals surface area (Å²) in [5.74, 6) is 1.26. The third kappa shape index (κ3) is 3.71. The van der Waals surface area contributed by atoms with Crippen LogP contribution in [0.3, 0.4) is 0 Å². The highest BCUT2D eigenvalue weighted by Crippen LogP contribution is 2.31. The number of benzene rings is 1. The Kier molecular flexibility index (Phi) is 4.32. The Morgan fingerprint density at radius 1 is 1.17 bits per heavy atom. The molecule has 6 heteroatoms. The fraction of sp³-hybridized carbons (Fsp3) is 0.294. The van der Waals surface area contributed by atoms with Crippen molar-refractivity contribution < 1.29 is 14.3 Å². The zero-order chi connectivity index (χ0) is 16.2. The Hall–Kier alpha value is -2.76. The van der Waals surface area contributed by atoms with Crippen molar-refractivity contribution in [1.29, 1.82) is 0 Å². The predicted octanol–water partition coefficient (Wildman–Crippen LogP) is 2.73. The summed E-state index contributed by atoms with van der Waals surface area (Å²) in [7, 11) is 3.21. The molecule has 1 fully saturated rings. The lowest BCUT2D eigenvalue weighted by molar-refractivity contribution is 0.0946. The first kappa shape index (κ1) is 15.1. The van der Waals surface area contributed by atoms with E-state index in [4.69, 9.17) is 9.47 Å². The normalized spacial score (nSPS) is 13.3. The number of anilines is 2. The van der Waals surface area contributed by atoms with Crippen molar-refractivity contribution >= 4 is 17.3 Å². The molecule has 1 aliphatic carbocycles. The zero-order valence-corrected chi connectivity index (χ0v) is 13.1. The summed E-state index contributed by atoms with van der Waals surface area (Å²) in [5.41, 5.74) is 1.99. The van der Waals surface area contributed by atoms with Gasteiger partial charge in [-0.25, -0.2) is 4.98 Å². The topological polar surface area (TPSA) is 72.5 Å². The van der Waals surface area contributed by atoms with Gasteiger partial charge in [0.25, 0.3) is 5.91 Å². The van der Waals surface area contributed by atoms with Crippen LogP contribution in [0.2, 0.25) is 0 Å². The minimum atomic E-state index is -0.124. The number of hydrogen-bond donors (Lipinski definition) is 2. The number of methoxy groups -OCH3 is 2. The van der Waals surface area contributed by atoms with Crippen molar-refractivity contribution in [3.63, 3.8) is 0 Å². The Labute approximate surface area is 134 Å². The predicted molar refractivity (Wildman–Crippen MR) is 87.6 cm³/mol. The van der Waals surface area contributed by atoms with E-state index in [-0.39, 0.29) is 5.91 Å². The maximum atomic E-state index is 11.9. The molecule has 0 aliphatic heterocycles. The molecule has 0 unspecified atom stereocenters. The number of rotatable bonds is 6. The Morgan fingerprint density at radius 2 is 2.00 bits per heavy atom. The second kappa shape index (κ2) is 6.56. The number of pyridine rings is 1. The van der Waals surface area contributed by atoms with Gasteiger partial charge in [-0.3, -0.25) is 4.79 Å². The van der Waals surface area contributed by atoms with Gasteiger partial charge in [0.05, 0.1) is 31.8 Å². The van der Waals surface area contributed by atoms with Crippen LogP contribution in [0.4, 0.5) is 11.4 Å². The standard InChI is InChI=1S/C17H19N3O3/c1-22-13-6-8-14(16(9-13)23-2)19-12-5-7-15(18-10-12)17(21)20-11-3-4-11/h5-11,19H,3-4H2,1-2H3,(H,20,21). The van der Waals surface area contributed by atoms with Gasteiger partial charge >= 0.3 is 0 Å². The van der Waals surface area contributed by atoms with Crippen LogP contribution < -0.4 is 20.1 Å². The van der Waals surface area contributed by atoms with Crippen molar-refractivity contribution in [2.24, 2.45) is 0 Å². The van der Waals surface area contributed by atoms with Gasteiger partial charge in [-0.2, -0.15) is 0 Å². The molecule has 0 radical (unpaired) electrons. The molecule has 0 spiro atoms. The molecule has 2 aromatic rings. The van der Waals surface area contributed by atoms with E-state index in [9.17, 15) is 4.79 Å². The highest BCUT2D eigenvalue weighted by molar-refractivity contribution is 5.92. The summed E-state index contributed by atoms with van der Waals surface area (Å²) in [5, 5.41) is 6.13. The van der Waals surface area contributed by atoms with Gasteiger partial charge in [0.1, 0.15) is 17.2 Å². The second-order valence-corrected chi connectivity index (χ2v) is 5.37. The van der Waals surface area contributed by atoms with Crippen LogP contribution >= 0.6 is 0 Å². The minimum Gasteiger partial charge on any atom is -0.497 e. The first-order valence-corrected chi connectivity index (χ1v) is 7.45. The van der Waals surface area contributed by atoms with Crippen molar-refractivity contribution in [3.8, 4) is 11.5 Å². The number of carbonyl (C=O) groups excluding carboxylic acids is 1. The lowest BCUT2D eigenvalue weighted by Crippen LogP contribution is -2.26. The SMILES string of the molecule is COc1ccc(Nc2ccc(C(=O)NC3CC3)nc2)c(OC)c1. The van der Waals surface area contributed by atoms with Crippen LogP contribution in [-0.4, -0.2) is 31.2 Å². The molecule has 1 aromatic carbocycles. The molecular formula is C17H19N3O3. The lowest BCUT2D eigenvalue weighted by Gasteiger charge is -2.12. The first-order valence-electron chi connectivity index (χ1n) is 7.45. The smallest absolute Gasteiger partial charge is 0.270 e. The van der Waals surface area contributed by atoms with Crippen LogP contribution in [-0.2, 0) is 0 Å². The number of aromatic nitrogens is 1. The van der Waals surface area contributed by atoms with E-state index >= 15 is 0 Å². The van der Waals surface area contributed by atoms with E-state index < -0.39 is 0 Å². The second-order valence-electron chi connectivity index (χ2n) is 5.37. The molecule has 0 saturated heterocycles. The number of ether oxygens (including phenoxy) is 2. The number of nitrogens with zero attached hydrogens (tertiary/aromatic N) is 1. The zero-order valence-electron chi connectivity index (χ0n) is 13.1. The maximum Gasteiger partial charge on any atom is 0.270 e. The van der Waals surface area contributed by atoms with E-state index in [1.165, 1.54) is 0 Å². The Bertz CT molecular complexity index is 697. The fourth-order valence-electron chi connectivity index (χ4n) is 2.15. The van der Waals surface area contributed by atoms with Crippen LogP contribution in [0, 0.1) is 0 Å². The first-order chi connectivity index (χ1) is 11.2. The highest BCUT2D eigenvalue weighted by Gasteiger charge is 2.24. The molecule has 0 atom stereocenters. The summed E-state index contributed by atoms with van der Waals surface area (Å²) in [4.78, 5) is 16.1. The summed E-state index contributed by atoms with van der Waals surface area (Å²) >= 11 is 0. The highest BCUT2D eigenvalue weighted by atomic mass is 16.5. The van der Waals surface area contributed by atoms with E-state index in [0.29, 0.717) is 17.5 Å². The molecule has 1 aromatic heterocycles. The van der Waals surface area contributed by atoms with E-state index in [1.54, 1.807) is 32.5 Å². The van der Waals surface area contributed by atoms with Gasteiger partial charge in [-0.1, -0.05) is 0 Å². The van der Waals surface area contributed by atoms with Crippen molar-refractivity contribution in [1.82, 2.24) is 10.3 Å². The third-order valence-electron chi connectivity index (χ3n) is 3.60. The molecule has 1 amide bonds. The molecular weight excluding hydrogens is 294 g/mol. The summed E-state index contributed by atoms with van der Waals surface area (Å²) in [6.07, 6.45) is 3.75. The van der Waals surface area contributed by atoms with Crippen LogP contribution in [0.15, 0.2) is 36.5 Å². The molecule has 3 rings (SSSR count). The Morgan fingerprint density at radius 3 is 2.61 bits per heavy atom. The maximum absolute atomic E-state index is 11.9. The molecule has 2 N–H and O–H groups in total. The summed E-state index contributed by atoms with van der Waals surface area (Å²) in [6.45, 7) is 0. The van der Waals surface area contributed by atoms with Gasteiger partial charge in [-0.15, -0.1) is 0 Å². The van der Waals surface area contributed by atoms with E-state index in [0.717, 1.165) is 30.0 Å². The molecule has 23 heavy (non-hydrogen) atoms. The number of amides is 1. The summed E-state index contributed by atoms with van der Waals surface area (Å²) in [6, 6.07) is 9.36. The molecule has 1 aliphatic rings. The number of carbonyl (C=O) groups is 1. The van der Waals surface area contributed by atoms with Gasteiger partial charge < -0.3 is 20.1 Å². The Balaban J connectivity index is 1.71. The lowest BCUT2D eigenvalue weighted by atomic mass is 10.2. The average molecular weight is 313 g/mol. The van der Waals surface area contributed by atoms with Gasteiger partial charge in [0, 0.05) is 12.1 Å². The van der Waals surface area contributed by atoms with Gasteiger partial charge in [0.2, 0.25) is 0 Å². The molecule has 6 nitrogen and oxygen atoms in total. The minimum absolute atomic E-state index is 0.124. The van der Waals surface area contributed by atoms with Gasteiger partial charge in [-0.05, 0) is 37.1 Å². The molecule has 1 saturated carbocycles. The molecule has 1 heterocycles. The monoisotopic (exact) mass is 313 g/mol. The summed E-state index contributed by atoms with van der Waals surface area (Å²) < 4.78 is 10.5. The van der Waals surface area contributed by atoms with Crippen molar-refractivity contribution in [2.45, 2.75) is 18.9 Å². The van der Waals surface area contributed by atoms with Gasteiger partial charge in [0.15, 0.2) is 0 Å². The van der Waals surface area contributed by atoms with E-state index in [1.807, 2.05) is 18.2 Å². The van der Waals surface area contributed by atoms with Crippen molar-refractivity contribution in [3.05, 3.63) is 42.2 Å². The van der Waals surface area contributed by atoms with Crippen molar-refractivity contribution in [2.75, 3.05) is 19.5 Å². The molecule has 0 bridgehead atoms. The largest absolute Gasteiger partial charge is 0.497 e. The quantitative estimate of drug-likeness (QED) is 0.858. The van der Waals surface area contributed by atoms with Crippen LogP contribution in [0.1, 0.15) is 23.3 Å². The average Bonchev–Trinajstić information content (AvgIpc) is 3.39. The van der Waals surface area contributed by atoms with Crippen LogP contribution in [0.5, 0.6) is 11.5 Å². The molecule has 120 valence electrons.